The van der Waals surface area contributed by atoms with E-state index in [9.17, 15) is 14.0 Å². The van der Waals surface area contributed by atoms with Crippen molar-refractivity contribution in [1.82, 2.24) is 0 Å². The predicted molar refractivity (Wildman–Crippen MR) is 44.7 cm³/mol. The number of aromatic carboxylic acids is 1. The van der Waals surface area contributed by atoms with Crippen LogP contribution >= 0.6 is 0 Å². The lowest BCUT2D eigenvalue weighted by Gasteiger charge is -2.03. The first kappa shape index (κ1) is 10.2. The Morgan fingerprint density at radius 2 is 2.00 bits per heavy atom. The van der Waals surface area contributed by atoms with Crippen LogP contribution in [0.2, 0.25) is 0 Å². The molecule has 0 atom stereocenters. The molecule has 0 aliphatic heterocycles. The molecule has 0 bridgehead atoms. The smallest absolute Gasteiger partial charge is 0.338 e. The average Bonchev–Trinajstić information content (AvgIpc) is 2.16. The second-order valence-electron chi connectivity index (χ2n) is 2.49. The largest absolute Gasteiger partial charge is 0.478 e. The number of methoxy groups -OCH3 is 1. The van der Waals surface area contributed by atoms with Crippen LogP contribution in [0.5, 0.6) is 0 Å². The van der Waals surface area contributed by atoms with Gasteiger partial charge < -0.3 is 9.84 Å². The maximum atomic E-state index is 12.7. The highest BCUT2D eigenvalue weighted by atomic mass is 19.1. The summed E-state index contributed by atoms with van der Waals surface area (Å²) in [5.41, 5.74) is -0.571. The maximum Gasteiger partial charge on any atom is 0.338 e. The van der Waals surface area contributed by atoms with Crippen molar-refractivity contribution >= 4 is 11.9 Å². The SMILES string of the molecule is COC(=O)c1cc(F)ccc1C(=O)O. The quantitative estimate of drug-likeness (QED) is 0.727. The monoisotopic (exact) mass is 198 g/mol. The zero-order chi connectivity index (χ0) is 10.7. The molecule has 0 fully saturated rings. The van der Waals surface area contributed by atoms with E-state index in [-0.39, 0.29) is 11.1 Å². The number of ether oxygens (including phenoxy) is 1. The van der Waals surface area contributed by atoms with Gasteiger partial charge in [-0.25, -0.2) is 14.0 Å². The lowest BCUT2D eigenvalue weighted by Crippen LogP contribution is -2.10. The molecule has 1 aromatic carbocycles. The normalized spacial score (nSPS) is 9.57. The van der Waals surface area contributed by atoms with Crippen LogP contribution in [-0.4, -0.2) is 24.2 Å². The molecule has 0 amide bonds. The number of esters is 1. The fraction of sp³-hybridized carbons (Fsp3) is 0.111. The molecule has 0 aliphatic rings. The van der Waals surface area contributed by atoms with E-state index < -0.39 is 17.8 Å². The molecule has 0 aliphatic carbocycles. The number of hydrogen-bond acceptors (Lipinski definition) is 3. The third-order valence-corrected chi connectivity index (χ3v) is 1.62. The highest BCUT2D eigenvalue weighted by molar-refractivity contribution is 6.02. The van der Waals surface area contributed by atoms with E-state index in [1.165, 1.54) is 0 Å². The van der Waals surface area contributed by atoms with E-state index in [4.69, 9.17) is 5.11 Å². The molecular weight excluding hydrogens is 191 g/mol. The summed E-state index contributed by atoms with van der Waals surface area (Å²) in [7, 11) is 1.10. The lowest BCUT2D eigenvalue weighted by molar-refractivity contribution is 0.0582. The summed E-state index contributed by atoms with van der Waals surface area (Å²) in [4.78, 5) is 21.7. The minimum absolute atomic E-state index is 0.279. The fourth-order valence-corrected chi connectivity index (χ4v) is 0.982. The minimum atomic E-state index is -1.30. The molecule has 0 spiro atoms. The summed E-state index contributed by atoms with van der Waals surface area (Å²) in [6, 6.07) is 2.81. The number of carboxylic acid groups (broad SMARTS) is 1. The van der Waals surface area contributed by atoms with Gasteiger partial charge in [0.05, 0.1) is 18.2 Å². The highest BCUT2D eigenvalue weighted by Gasteiger charge is 2.17. The van der Waals surface area contributed by atoms with Crippen molar-refractivity contribution in [3.8, 4) is 0 Å². The minimum Gasteiger partial charge on any atom is -0.478 e. The van der Waals surface area contributed by atoms with Gasteiger partial charge in [-0.3, -0.25) is 0 Å². The number of carboxylic acids is 1. The van der Waals surface area contributed by atoms with Crippen LogP contribution in [0, 0.1) is 5.82 Å². The van der Waals surface area contributed by atoms with Crippen LogP contribution < -0.4 is 0 Å². The van der Waals surface area contributed by atoms with E-state index in [0.29, 0.717) is 0 Å². The standard InChI is InChI=1S/C9H7FO4/c1-14-9(13)7-4-5(10)2-3-6(7)8(11)12/h2-4H,1H3,(H,11,12). The van der Waals surface area contributed by atoms with Crippen LogP contribution in [0.4, 0.5) is 4.39 Å². The Morgan fingerprint density at radius 1 is 1.36 bits per heavy atom. The van der Waals surface area contributed by atoms with E-state index in [1.54, 1.807) is 0 Å². The third-order valence-electron chi connectivity index (χ3n) is 1.62. The molecule has 4 nitrogen and oxygen atoms in total. The maximum absolute atomic E-state index is 12.7. The molecule has 74 valence electrons. The molecule has 5 heteroatoms. The van der Waals surface area contributed by atoms with Gasteiger partial charge in [-0.1, -0.05) is 0 Å². The topological polar surface area (TPSA) is 63.6 Å². The van der Waals surface area contributed by atoms with Gasteiger partial charge in [0.2, 0.25) is 0 Å². The van der Waals surface area contributed by atoms with E-state index in [0.717, 1.165) is 25.3 Å². The first-order valence-corrected chi connectivity index (χ1v) is 3.67. The predicted octanol–water partition coefficient (Wildman–Crippen LogP) is 1.31. The number of rotatable bonds is 2. The second-order valence-corrected chi connectivity index (χ2v) is 2.49. The molecule has 0 radical (unpaired) electrons. The first-order valence-electron chi connectivity index (χ1n) is 3.67. The van der Waals surface area contributed by atoms with Gasteiger partial charge in [-0.05, 0) is 18.2 Å². The number of carbonyl (C=O) groups is 2. The molecule has 0 unspecified atom stereocenters. The van der Waals surface area contributed by atoms with Crippen LogP contribution in [0.3, 0.4) is 0 Å². The second kappa shape index (κ2) is 3.87. The fourth-order valence-electron chi connectivity index (χ4n) is 0.982. The van der Waals surface area contributed by atoms with Crippen molar-refractivity contribution in [3.05, 3.63) is 35.1 Å². The number of carbonyl (C=O) groups excluding carboxylic acids is 1. The van der Waals surface area contributed by atoms with Crippen molar-refractivity contribution in [2.45, 2.75) is 0 Å². The van der Waals surface area contributed by atoms with Gasteiger partial charge >= 0.3 is 11.9 Å². The summed E-state index contributed by atoms with van der Waals surface area (Å²) >= 11 is 0. The summed E-state index contributed by atoms with van der Waals surface area (Å²) < 4.78 is 17.0. The average molecular weight is 198 g/mol. The Morgan fingerprint density at radius 3 is 2.50 bits per heavy atom. The Balaban J connectivity index is 3.29. The van der Waals surface area contributed by atoms with Crippen LogP contribution in [0.15, 0.2) is 18.2 Å². The van der Waals surface area contributed by atoms with Crippen molar-refractivity contribution in [2.24, 2.45) is 0 Å². The van der Waals surface area contributed by atoms with Gasteiger partial charge in [0.1, 0.15) is 5.82 Å². The Labute approximate surface area is 78.9 Å². The van der Waals surface area contributed by atoms with E-state index >= 15 is 0 Å². The Bertz CT molecular complexity index is 386. The molecule has 0 saturated carbocycles. The molecule has 0 saturated heterocycles. The van der Waals surface area contributed by atoms with Gasteiger partial charge in [-0.15, -0.1) is 0 Å². The van der Waals surface area contributed by atoms with Crippen molar-refractivity contribution in [2.75, 3.05) is 7.11 Å². The zero-order valence-electron chi connectivity index (χ0n) is 7.28. The summed E-state index contributed by atoms with van der Waals surface area (Å²) in [5.74, 6) is -2.86. The van der Waals surface area contributed by atoms with Crippen molar-refractivity contribution in [1.29, 1.82) is 0 Å². The van der Waals surface area contributed by atoms with Gasteiger partial charge in [0.25, 0.3) is 0 Å². The van der Waals surface area contributed by atoms with Gasteiger partial charge in [0, 0.05) is 0 Å². The first-order chi connectivity index (χ1) is 6.56. The molecule has 14 heavy (non-hydrogen) atoms. The number of halogens is 1. The molecule has 1 rings (SSSR count). The summed E-state index contributed by atoms with van der Waals surface area (Å²) in [6.07, 6.45) is 0. The lowest BCUT2D eigenvalue weighted by atomic mass is 10.1. The Kier molecular flexibility index (Phi) is 2.81. The zero-order valence-corrected chi connectivity index (χ0v) is 7.28. The van der Waals surface area contributed by atoms with Crippen LogP contribution in [0.1, 0.15) is 20.7 Å². The summed E-state index contributed by atoms with van der Waals surface area (Å²) in [6.45, 7) is 0. The molecule has 1 N–H and O–H groups in total. The van der Waals surface area contributed by atoms with E-state index in [1.807, 2.05) is 0 Å². The van der Waals surface area contributed by atoms with Crippen molar-refractivity contribution in [3.63, 3.8) is 0 Å². The van der Waals surface area contributed by atoms with Gasteiger partial charge in [-0.2, -0.15) is 0 Å². The molecular formula is C9H7FO4. The Hall–Kier alpha value is -1.91. The molecule has 0 aromatic heterocycles. The van der Waals surface area contributed by atoms with E-state index in [2.05, 4.69) is 4.74 Å². The molecule has 1 aromatic rings. The van der Waals surface area contributed by atoms with Crippen LogP contribution in [-0.2, 0) is 4.74 Å². The number of benzene rings is 1. The summed E-state index contributed by atoms with van der Waals surface area (Å²) in [5, 5.41) is 8.67. The van der Waals surface area contributed by atoms with Gasteiger partial charge in [0.15, 0.2) is 0 Å². The van der Waals surface area contributed by atoms with Crippen LogP contribution in [0.25, 0.3) is 0 Å². The highest BCUT2D eigenvalue weighted by Crippen LogP contribution is 2.12. The molecule has 0 heterocycles. The third kappa shape index (κ3) is 1.87. The van der Waals surface area contributed by atoms with Crippen molar-refractivity contribution < 1.29 is 23.8 Å². The number of hydrogen-bond donors (Lipinski definition) is 1.